The molecule has 0 atom stereocenters. The fourth-order valence-electron chi connectivity index (χ4n) is 0.210. The van der Waals surface area contributed by atoms with Crippen molar-refractivity contribution in [2.24, 2.45) is 0 Å². The van der Waals surface area contributed by atoms with E-state index in [1.165, 1.54) is 12.3 Å². The van der Waals surface area contributed by atoms with Crippen molar-refractivity contribution in [1.82, 2.24) is 0 Å². The summed E-state index contributed by atoms with van der Waals surface area (Å²) >= 11 is 0. The second kappa shape index (κ2) is 3.88. The third-order valence-electron chi connectivity index (χ3n) is 0.470. The van der Waals surface area contributed by atoms with Gasteiger partial charge in [0.15, 0.2) is 0 Å². The molecule has 0 N–H and O–H groups in total. The number of ether oxygens (including phenoxy) is 1. The van der Waals surface area contributed by atoms with Gasteiger partial charge in [0.25, 0.3) is 6.26 Å². The van der Waals surface area contributed by atoms with Gasteiger partial charge in [-0.05, 0) is 0 Å². The summed E-state index contributed by atoms with van der Waals surface area (Å²) in [5, 5.41) is 7.74. The highest BCUT2D eigenvalue weighted by Gasteiger charge is 1.94. The lowest BCUT2D eigenvalue weighted by Gasteiger charge is -1.84. The van der Waals surface area contributed by atoms with Crippen LogP contribution in [0.25, 0.3) is 0 Å². The zero-order valence-corrected chi connectivity index (χ0v) is 4.26. The molecular weight excluding hydrogens is 106 g/mol. The van der Waals surface area contributed by atoms with Gasteiger partial charge in [-0.3, -0.25) is 4.79 Å². The summed E-state index contributed by atoms with van der Waals surface area (Å²) in [5.41, 5.74) is 0. The highest BCUT2D eigenvalue weighted by atomic mass is 16.5. The Morgan fingerprint density at radius 3 is 3.00 bits per heavy atom. The second-order valence-corrected chi connectivity index (χ2v) is 1.06. The molecule has 0 unspecified atom stereocenters. The van der Waals surface area contributed by atoms with Crippen molar-refractivity contribution in [3.05, 3.63) is 12.7 Å². The van der Waals surface area contributed by atoms with Crippen LogP contribution in [0.1, 0.15) is 6.42 Å². The minimum absolute atomic E-state index is 0.0908. The molecule has 0 amide bonds. The van der Waals surface area contributed by atoms with Gasteiger partial charge >= 0.3 is 5.97 Å². The van der Waals surface area contributed by atoms with E-state index >= 15 is 0 Å². The van der Waals surface area contributed by atoms with Crippen molar-refractivity contribution in [2.75, 3.05) is 0 Å². The Kier molecular flexibility index (Phi) is 3.25. The molecule has 3 heteroatoms. The Bertz CT molecular complexity index is 134. The van der Waals surface area contributed by atoms with E-state index in [9.17, 15) is 4.79 Å². The predicted octanol–water partition coefficient (Wildman–Crippen LogP) is 0.587. The predicted molar refractivity (Wildman–Crippen MR) is 26.5 cm³/mol. The maximum Gasteiger partial charge on any atom is 0.325 e. The molecule has 0 rings (SSSR count). The van der Waals surface area contributed by atoms with Gasteiger partial charge in [-0.25, -0.2) is 0 Å². The molecule has 0 aliphatic carbocycles. The van der Waals surface area contributed by atoms with Gasteiger partial charge in [-0.15, -0.1) is 11.8 Å². The summed E-state index contributed by atoms with van der Waals surface area (Å²) in [7, 11) is 0. The zero-order chi connectivity index (χ0) is 6.41. The fraction of sp³-hybridized carbons (Fsp3) is 0.200. The standard InChI is InChI=1S/C5H5NO2/c1-2-3-5(7)8-4-6/h2H,1,3H2. The van der Waals surface area contributed by atoms with Crippen LogP contribution in [0, 0.1) is 11.5 Å². The van der Waals surface area contributed by atoms with Crippen LogP contribution in [0.5, 0.6) is 0 Å². The number of rotatable bonds is 2. The number of hydrogen-bond acceptors (Lipinski definition) is 3. The van der Waals surface area contributed by atoms with Gasteiger partial charge in [-0.2, -0.15) is 0 Å². The molecule has 0 aromatic carbocycles. The smallest absolute Gasteiger partial charge is 0.325 e. The van der Waals surface area contributed by atoms with E-state index in [1.807, 2.05) is 0 Å². The highest BCUT2D eigenvalue weighted by Crippen LogP contribution is 1.82. The maximum atomic E-state index is 10.1. The van der Waals surface area contributed by atoms with E-state index in [0.717, 1.165) is 0 Å². The first-order valence-electron chi connectivity index (χ1n) is 2.01. The van der Waals surface area contributed by atoms with Crippen LogP contribution < -0.4 is 0 Å². The van der Waals surface area contributed by atoms with E-state index in [4.69, 9.17) is 5.26 Å². The maximum absolute atomic E-state index is 10.1. The molecule has 0 aliphatic rings. The number of nitriles is 1. The van der Waals surface area contributed by atoms with Crippen LogP contribution in [0.2, 0.25) is 0 Å². The Balaban J connectivity index is 3.36. The lowest BCUT2D eigenvalue weighted by atomic mass is 10.4. The minimum Gasteiger partial charge on any atom is -0.351 e. The summed E-state index contributed by atoms with van der Waals surface area (Å²) in [6.07, 6.45) is 2.72. The van der Waals surface area contributed by atoms with E-state index in [2.05, 4.69) is 11.3 Å². The quantitative estimate of drug-likeness (QED) is 0.297. The first kappa shape index (κ1) is 6.70. The Morgan fingerprint density at radius 2 is 2.62 bits per heavy atom. The molecule has 0 saturated heterocycles. The van der Waals surface area contributed by atoms with Crippen LogP contribution in [0.4, 0.5) is 0 Å². The van der Waals surface area contributed by atoms with Crippen molar-refractivity contribution in [2.45, 2.75) is 6.42 Å². The topological polar surface area (TPSA) is 50.1 Å². The molecule has 0 heterocycles. The second-order valence-electron chi connectivity index (χ2n) is 1.06. The number of carbonyl (C=O) groups is 1. The molecule has 0 saturated carbocycles. The Labute approximate surface area is 47.2 Å². The minimum atomic E-state index is -0.567. The molecular formula is C5H5NO2. The summed E-state index contributed by atoms with van der Waals surface area (Å²) in [6, 6.07) is 0. The molecule has 42 valence electrons. The molecule has 0 aliphatic heterocycles. The lowest BCUT2D eigenvalue weighted by molar-refractivity contribution is -0.136. The van der Waals surface area contributed by atoms with E-state index in [1.54, 1.807) is 0 Å². The van der Waals surface area contributed by atoms with E-state index in [-0.39, 0.29) is 6.42 Å². The molecule has 8 heavy (non-hydrogen) atoms. The van der Waals surface area contributed by atoms with E-state index < -0.39 is 5.97 Å². The van der Waals surface area contributed by atoms with Crippen molar-refractivity contribution < 1.29 is 9.53 Å². The average molecular weight is 111 g/mol. The number of nitrogens with zero attached hydrogens (tertiary/aromatic N) is 1. The number of hydrogen-bond donors (Lipinski definition) is 0. The molecule has 0 spiro atoms. The normalized spacial score (nSPS) is 6.88. The summed E-state index contributed by atoms with van der Waals surface area (Å²) in [6.45, 7) is 3.27. The van der Waals surface area contributed by atoms with Gasteiger partial charge in [-0.1, -0.05) is 6.08 Å². The third kappa shape index (κ3) is 2.91. The van der Waals surface area contributed by atoms with Gasteiger partial charge in [0.2, 0.25) is 0 Å². The zero-order valence-electron chi connectivity index (χ0n) is 4.26. The molecule has 0 aromatic heterocycles. The average Bonchev–Trinajstić information content (AvgIpc) is 1.68. The Morgan fingerprint density at radius 1 is 2.00 bits per heavy atom. The SMILES string of the molecule is C=CCC(=O)OC#N. The van der Waals surface area contributed by atoms with Crippen LogP contribution in [0.15, 0.2) is 12.7 Å². The molecule has 0 fully saturated rings. The van der Waals surface area contributed by atoms with Gasteiger partial charge in [0, 0.05) is 0 Å². The molecule has 0 aromatic rings. The van der Waals surface area contributed by atoms with E-state index in [0.29, 0.717) is 0 Å². The molecule has 3 nitrogen and oxygen atoms in total. The fourth-order valence-corrected chi connectivity index (χ4v) is 0.210. The molecule has 0 radical (unpaired) electrons. The lowest BCUT2D eigenvalue weighted by Crippen LogP contribution is -1.95. The van der Waals surface area contributed by atoms with Crippen LogP contribution in [-0.2, 0) is 9.53 Å². The number of esters is 1. The Hall–Kier alpha value is -1.30. The monoisotopic (exact) mass is 111 g/mol. The first-order chi connectivity index (χ1) is 3.81. The van der Waals surface area contributed by atoms with Gasteiger partial charge in [0.1, 0.15) is 0 Å². The van der Waals surface area contributed by atoms with Crippen molar-refractivity contribution >= 4 is 5.97 Å². The summed E-state index contributed by atoms with van der Waals surface area (Å²) in [5.74, 6) is -0.567. The van der Waals surface area contributed by atoms with Gasteiger partial charge < -0.3 is 4.74 Å². The van der Waals surface area contributed by atoms with Crippen molar-refractivity contribution in [3.8, 4) is 6.26 Å². The summed E-state index contributed by atoms with van der Waals surface area (Å²) in [4.78, 5) is 10.1. The van der Waals surface area contributed by atoms with Crippen molar-refractivity contribution in [1.29, 1.82) is 5.26 Å². The largest absolute Gasteiger partial charge is 0.351 e. The molecule has 0 bridgehead atoms. The van der Waals surface area contributed by atoms with Crippen LogP contribution in [-0.4, -0.2) is 5.97 Å². The van der Waals surface area contributed by atoms with Crippen molar-refractivity contribution in [3.63, 3.8) is 0 Å². The van der Waals surface area contributed by atoms with Crippen LogP contribution in [0.3, 0.4) is 0 Å². The number of carbonyl (C=O) groups excluding carboxylic acids is 1. The van der Waals surface area contributed by atoms with Crippen LogP contribution >= 0.6 is 0 Å². The first-order valence-corrected chi connectivity index (χ1v) is 2.01. The third-order valence-corrected chi connectivity index (χ3v) is 0.470. The highest BCUT2D eigenvalue weighted by molar-refractivity contribution is 5.71. The van der Waals surface area contributed by atoms with Gasteiger partial charge in [0.05, 0.1) is 6.42 Å². The summed E-state index contributed by atoms with van der Waals surface area (Å²) < 4.78 is 3.88.